The summed E-state index contributed by atoms with van der Waals surface area (Å²) in [4.78, 5) is 2.59. The molecule has 1 aliphatic heterocycles. The molecule has 0 aromatic rings. The van der Waals surface area contributed by atoms with E-state index in [0.717, 1.165) is 11.2 Å². The summed E-state index contributed by atoms with van der Waals surface area (Å²) in [6, 6.07) is 0. The van der Waals surface area contributed by atoms with Gasteiger partial charge in [0.15, 0.2) is 0 Å². The molecule has 72 valence electrons. The molecule has 0 saturated carbocycles. The second-order valence-corrected chi connectivity index (χ2v) is 5.49. The van der Waals surface area contributed by atoms with Crippen molar-refractivity contribution in [1.82, 2.24) is 4.90 Å². The first-order chi connectivity index (χ1) is 5.53. The van der Waals surface area contributed by atoms with E-state index in [-0.39, 0.29) is 0 Å². The van der Waals surface area contributed by atoms with Crippen LogP contribution in [0.5, 0.6) is 0 Å². The third kappa shape index (κ3) is 3.06. The van der Waals surface area contributed by atoms with E-state index in [9.17, 15) is 0 Å². The lowest BCUT2D eigenvalue weighted by Crippen LogP contribution is -2.33. The molecular weight excluding hydrogens is 214 g/mol. The van der Waals surface area contributed by atoms with Crippen LogP contribution in [0, 0.1) is 11.3 Å². The smallest absolute Gasteiger partial charge is 0.00949 e. The predicted octanol–water partition coefficient (Wildman–Crippen LogP) is 2.75. The molecule has 0 radical (unpaired) electrons. The molecule has 0 aliphatic carbocycles. The van der Waals surface area contributed by atoms with Crippen molar-refractivity contribution < 1.29 is 0 Å². The zero-order valence-corrected chi connectivity index (χ0v) is 10.0. The fourth-order valence-electron chi connectivity index (χ4n) is 1.82. The zero-order chi connectivity index (χ0) is 9.19. The molecule has 1 saturated heterocycles. The maximum Gasteiger partial charge on any atom is 0.00949 e. The van der Waals surface area contributed by atoms with Crippen molar-refractivity contribution in [2.45, 2.75) is 27.2 Å². The van der Waals surface area contributed by atoms with Crippen LogP contribution < -0.4 is 0 Å². The molecule has 0 aromatic heterocycles. The second kappa shape index (κ2) is 4.10. The van der Waals surface area contributed by atoms with Gasteiger partial charge < -0.3 is 4.90 Å². The second-order valence-electron chi connectivity index (χ2n) is 4.93. The van der Waals surface area contributed by atoms with E-state index in [1.807, 2.05) is 0 Å². The summed E-state index contributed by atoms with van der Waals surface area (Å²) in [5.74, 6) is 0.913. The summed E-state index contributed by atoms with van der Waals surface area (Å²) in [6.07, 6.45) is 1.39. The van der Waals surface area contributed by atoms with Crippen LogP contribution in [0.1, 0.15) is 27.2 Å². The molecule has 1 atom stereocenters. The molecule has 0 amide bonds. The Balaban J connectivity index is 2.32. The average molecular weight is 234 g/mol. The Morgan fingerprint density at radius 1 is 1.50 bits per heavy atom. The monoisotopic (exact) mass is 233 g/mol. The van der Waals surface area contributed by atoms with Crippen LogP contribution in [0.15, 0.2) is 0 Å². The van der Waals surface area contributed by atoms with Crippen molar-refractivity contribution in [2.75, 3.05) is 25.0 Å². The Morgan fingerprint density at radius 2 is 2.17 bits per heavy atom. The molecule has 0 bridgehead atoms. The molecule has 0 aromatic carbocycles. The molecule has 1 rings (SSSR count). The highest BCUT2D eigenvalue weighted by molar-refractivity contribution is 9.09. The van der Waals surface area contributed by atoms with Gasteiger partial charge in [0, 0.05) is 18.4 Å². The number of halogens is 1. The van der Waals surface area contributed by atoms with Gasteiger partial charge in [0.1, 0.15) is 0 Å². The molecule has 2 heteroatoms. The third-order valence-corrected chi connectivity index (χ3v) is 4.04. The standard InChI is InChI=1S/C10H20BrN/c1-9-4-5-12(6-9)8-10(2,3)7-11/h9H,4-8H2,1-3H3. The van der Waals surface area contributed by atoms with Gasteiger partial charge in [-0.1, -0.05) is 36.7 Å². The minimum absolute atomic E-state index is 0.435. The largest absolute Gasteiger partial charge is 0.302 e. The van der Waals surface area contributed by atoms with Crippen molar-refractivity contribution in [3.05, 3.63) is 0 Å². The van der Waals surface area contributed by atoms with Crippen molar-refractivity contribution in [2.24, 2.45) is 11.3 Å². The molecule has 0 spiro atoms. The van der Waals surface area contributed by atoms with Crippen LogP contribution in [0.3, 0.4) is 0 Å². The predicted molar refractivity (Wildman–Crippen MR) is 57.8 cm³/mol. The fourth-order valence-corrected chi connectivity index (χ4v) is 1.99. The van der Waals surface area contributed by atoms with E-state index in [4.69, 9.17) is 0 Å². The van der Waals surface area contributed by atoms with Gasteiger partial charge in [-0.05, 0) is 24.3 Å². The SMILES string of the molecule is CC1CCN(CC(C)(C)CBr)C1. The number of alkyl halides is 1. The summed E-state index contributed by atoms with van der Waals surface area (Å²) >= 11 is 3.57. The topological polar surface area (TPSA) is 3.24 Å². The van der Waals surface area contributed by atoms with E-state index in [2.05, 4.69) is 41.6 Å². The number of nitrogens with zero attached hydrogens (tertiary/aromatic N) is 1. The van der Waals surface area contributed by atoms with Crippen LogP contribution in [-0.2, 0) is 0 Å². The molecule has 1 unspecified atom stereocenters. The van der Waals surface area contributed by atoms with Gasteiger partial charge in [-0.15, -0.1) is 0 Å². The van der Waals surface area contributed by atoms with Crippen LogP contribution >= 0.6 is 15.9 Å². The molecule has 1 heterocycles. The average Bonchev–Trinajstić information content (AvgIpc) is 2.35. The molecule has 1 fully saturated rings. The van der Waals surface area contributed by atoms with Crippen molar-refractivity contribution in [1.29, 1.82) is 0 Å². The maximum absolute atomic E-state index is 3.57. The van der Waals surface area contributed by atoms with Gasteiger partial charge >= 0.3 is 0 Å². The van der Waals surface area contributed by atoms with Crippen LogP contribution in [0.4, 0.5) is 0 Å². The van der Waals surface area contributed by atoms with E-state index >= 15 is 0 Å². The lowest BCUT2D eigenvalue weighted by atomic mass is 9.96. The highest BCUT2D eigenvalue weighted by atomic mass is 79.9. The summed E-state index contributed by atoms with van der Waals surface area (Å²) in [5.41, 5.74) is 0.435. The zero-order valence-electron chi connectivity index (χ0n) is 8.44. The minimum atomic E-state index is 0.435. The molecule has 12 heavy (non-hydrogen) atoms. The number of likely N-dealkylation sites (tertiary alicyclic amines) is 1. The minimum Gasteiger partial charge on any atom is -0.302 e. The molecule has 1 nitrogen and oxygen atoms in total. The van der Waals surface area contributed by atoms with E-state index < -0.39 is 0 Å². The van der Waals surface area contributed by atoms with Gasteiger partial charge in [0.25, 0.3) is 0 Å². The summed E-state index contributed by atoms with van der Waals surface area (Å²) in [7, 11) is 0. The normalized spacial score (nSPS) is 26.5. The first-order valence-electron chi connectivity index (χ1n) is 4.82. The van der Waals surface area contributed by atoms with Crippen molar-refractivity contribution >= 4 is 15.9 Å². The van der Waals surface area contributed by atoms with Crippen molar-refractivity contribution in [3.8, 4) is 0 Å². The van der Waals surface area contributed by atoms with Gasteiger partial charge in [-0.2, -0.15) is 0 Å². The lowest BCUT2D eigenvalue weighted by Gasteiger charge is -2.28. The first-order valence-corrected chi connectivity index (χ1v) is 5.94. The Hall–Kier alpha value is 0.440. The molecule has 0 N–H and O–H groups in total. The molecule has 1 aliphatic rings. The van der Waals surface area contributed by atoms with Gasteiger partial charge in [0.05, 0.1) is 0 Å². The Labute approximate surface area is 84.6 Å². The maximum atomic E-state index is 3.57. The van der Waals surface area contributed by atoms with Gasteiger partial charge in [0.2, 0.25) is 0 Å². The van der Waals surface area contributed by atoms with Crippen molar-refractivity contribution in [3.63, 3.8) is 0 Å². The quantitative estimate of drug-likeness (QED) is 0.679. The van der Waals surface area contributed by atoms with Gasteiger partial charge in [-0.3, -0.25) is 0 Å². The Bertz CT molecular complexity index is 145. The van der Waals surface area contributed by atoms with E-state index in [1.54, 1.807) is 0 Å². The first kappa shape index (κ1) is 10.5. The number of rotatable bonds is 3. The summed E-state index contributed by atoms with van der Waals surface area (Å²) in [6.45, 7) is 10.8. The highest BCUT2D eigenvalue weighted by Gasteiger charge is 2.25. The van der Waals surface area contributed by atoms with E-state index in [1.165, 1.54) is 26.1 Å². The van der Waals surface area contributed by atoms with E-state index in [0.29, 0.717) is 5.41 Å². The van der Waals surface area contributed by atoms with Gasteiger partial charge in [-0.25, -0.2) is 0 Å². The van der Waals surface area contributed by atoms with Crippen LogP contribution in [0.2, 0.25) is 0 Å². The van der Waals surface area contributed by atoms with Crippen LogP contribution in [0.25, 0.3) is 0 Å². The summed E-state index contributed by atoms with van der Waals surface area (Å²) in [5, 5.41) is 1.10. The molecular formula is C10H20BrN. The fraction of sp³-hybridized carbons (Fsp3) is 1.00. The number of hydrogen-bond donors (Lipinski definition) is 0. The Morgan fingerprint density at radius 3 is 2.58 bits per heavy atom. The lowest BCUT2D eigenvalue weighted by molar-refractivity contribution is 0.227. The number of hydrogen-bond acceptors (Lipinski definition) is 1. The Kier molecular flexibility index (Phi) is 3.59. The third-order valence-electron chi connectivity index (χ3n) is 2.52. The highest BCUT2D eigenvalue weighted by Crippen LogP contribution is 2.24. The van der Waals surface area contributed by atoms with Crippen LogP contribution in [-0.4, -0.2) is 29.9 Å². The summed E-state index contributed by atoms with van der Waals surface area (Å²) < 4.78 is 0.